The number of carbonyl (C=O) groups excluding carboxylic acids is 1. The smallest absolute Gasteiger partial charge is 0.338 e. The maximum absolute atomic E-state index is 12.1. The molecule has 3 nitrogen and oxygen atoms in total. The van der Waals surface area contributed by atoms with Gasteiger partial charge in [-0.05, 0) is 63.1 Å². The lowest BCUT2D eigenvalue weighted by molar-refractivity contribution is 0.00697. The first-order valence-electron chi connectivity index (χ1n) is 7.78. The molecule has 1 heterocycles. The molecule has 3 heteroatoms. The van der Waals surface area contributed by atoms with E-state index in [1.165, 1.54) is 36.8 Å². The molecule has 0 bridgehead atoms. The number of ether oxygens (including phenoxy) is 1. The van der Waals surface area contributed by atoms with E-state index >= 15 is 0 Å². The Balaban J connectivity index is 1.87. The van der Waals surface area contributed by atoms with Crippen molar-refractivity contribution in [1.29, 1.82) is 0 Å². The maximum Gasteiger partial charge on any atom is 0.338 e. The number of nitrogens with one attached hydrogen (secondary N) is 1. The molecular weight excluding hydrogens is 262 g/mol. The number of esters is 1. The van der Waals surface area contributed by atoms with Crippen LogP contribution >= 0.6 is 0 Å². The van der Waals surface area contributed by atoms with Gasteiger partial charge in [-0.2, -0.15) is 0 Å². The number of H-pyrrole nitrogens is 1. The van der Waals surface area contributed by atoms with Gasteiger partial charge in [-0.15, -0.1) is 0 Å². The van der Waals surface area contributed by atoms with E-state index in [0.717, 1.165) is 5.52 Å². The van der Waals surface area contributed by atoms with Gasteiger partial charge in [0.25, 0.3) is 0 Å². The van der Waals surface area contributed by atoms with Crippen LogP contribution in [0.15, 0.2) is 24.3 Å². The molecule has 0 unspecified atom stereocenters. The van der Waals surface area contributed by atoms with Gasteiger partial charge in [0.1, 0.15) is 5.60 Å². The maximum atomic E-state index is 12.1. The number of carbonyl (C=O) groups is 1. The molecule has 1 aliphatic rings. The molecule has 0 atom stereocenters. The molecule has 1 aromatic heterocycles. The highest BCUT2D eigenvalue weighted by Gasteiger charge is 2.20. The van der Waals surface area contributed by atoms with Crippen molar-refractivity contribution >= 4 is 16.9 Å². The Kier molecular flexibility index (Phi) is 3.52. The first-order valence-corrected chi connectivity index (χ1v) is 7.78. The molecule has 1 fully saturated rings. The van der Waals surface area contributed by atoms with Crippen LogP contribution in [0.4, 0.5) is 0 Å². The molecule has 0 amide bonds. The zero-order chi connectivity index (χ0) is 15.0. The van der Waals surface area contributed by atoms with Gasteiger partial charge in [-0.1, -0.05) is 18.9 Å². The molecule has 1 saturated carbocycles. The first-order chi connectivity index (χ1) is 9.92. The lowest BCUT2D eigenvalue weighted by Crippen LogP contribution is -2.23. The highest BCUT2D eigenvalue weighted by Crippen LogP contribution is 2.35. The summed E-state index contributed by atoms with van der Waals surface area (Å²) in [6.45, 7) is 5.66. The minimum Gasteiger partial charge on any atom is -0.456 e. The van der Waals surface area contributed by atoms with Crippen molar-refractivity contribution < 1.29 is 9.53 Å². The standard InChI is InChI=1S/C18H23NO2/c1-18(2,3)21-17(20)14-9-8-13-10-15(19-16(13)11-14)12-6-4-5-7-12/h8-12,19H,4-7H2,1-3H3. The number of aromatic amines is 1. The van der Waals surface area contributed by atoms with Crippen molar-refractivity contribution in [3.63, 3.8) is 0 Å². The third kappa shape index (κ3) is 3.12. The van der Waals surface area contributed by atoms with Gasteiger partial charge in [-0.3, -0.25) is 0 Å². The van der Waals surface area contributed by atoms with E-state index in [9.17, 15) is 4.79 Å². The first kappa shape index (κ1) is 14.2. The summed E-state index contributed by atoms with van der Waals surface area (Å²) in [6, 6.07) is 7.98. The Morgan fingerprint density at radius 3 is 2.57 bits per heavy atom. The molecule has 1 aromatic carbocycles. The van der Waals surface area contributed by atoms with Crippen LogP contribution in [0.2, 0.25) is 0 Å². The normalized spacial score (nSPS) is 16.5. The second-order valence-electron chi connectivity index (χ2n) is 7.01. The number of aromatic nitrogens is 1. The summed E-state index contributed by atoms with van der Waals surface area (Å²) in [7, 11) is 0. The predicted molar refractivity (Wildman–Crippen MR) is 84.7 cm³/mol. The van der Waals surface area contributed by atoms with Crippen molar-refractivity contribution in [3.8, 4) is 0 Å². The molecule has 112 valence electrons. The van der Waals surface area contributed by atoms with E-state index < -0.39 is 5.60 Å². The number of benzene rings is 1. The molecule has 0 saturated heterocycles. The van der Waals surface area contributed by atoms with E-state index in [1.54, 1.807) is 0 Å². The third-order valence-corrected chi connectivity index (χ3v) is 4.07. The zero-order valence-electron chi connectivity index (χ0n) is 13.0. The Bertz CT molecular complexity index is 657. The van der Waals surface area contributed by atoms with Gasteiger partial charge in [-0.25, -0.2) is 4.79 Å². The highest BCUT2D eigenvalue weighted by molar-refractivity contribution is 5.94. The van der Waals surface area contributed by atoms with Crippen LogP contribution < -0.4 is 0 Å². The summed E-state index contributed by atoms with van der Waals surface area (Å²) in [5.74, 6) is 0.392. The van der Waals surface area contributed by atoms with E-state index in [1.807, 2.05) is 39.0 Å². The van der Waals surface area contributed by atoms with E-state index in [-0.39, 0.29) is 5.97 Å². The Hall–Kier alpha value is -1.77. The largest absolute Gasteiger partial charge is 0.456 e. The van der Waals surface area contributed by atoms with Crippen LogP contribution in [0.25, 0.3) is 10.9 Å². The number of hydrogen-bond donors (Lipinski definition) is 1. The van der Waals surface area contributed by atoms with Crippen molar-refractivity contribution in [2.45, 2.75) is 58.0 Å². The summed E-state index contributed by atoms with van der Waals surface area (Å²) in [4.78, 5) is 15.6. The van der Waals surface area contributed by atoms with Gasteiger partial charge in [0.2, 0.25) is 0 Å². The van der Waals surface area contributed by atoms with Crippen LogP contribution in [-0.2, 0) is 4.74 Å². The fraction of sp³-hybridized carbons (Fsp3) is 0.500. The fourth-order valence-electron chi connectivity index (χ4n) is 3.07. The zero-order valence-corrected chi connectivity index (χ0v) is 13.0. The minimum atomic E-state index is -0.462. The van der Waals surface area contributed by atoms with Crippen LogP contribution in [0, 0.1) is 0 Å². The molecular formula is C18H23NO2. The van der Waals surface area contributed by atoms with Crippen LogP contribution in [-0.4, -0.2) is 16.6 Å². The molecule has 21 heavy (non-hydrogen) atoms. The fourth-order valence-corrected chi connectivity index (χ4v) is 3.07. The molecule has 0 radical (unpaired) electrons. The third-order valence-electron chi connectivity index (χ3n) is 4.07. The van der Waals surface area contributed by atoms with Crippen LogP contribution in [0.1, 0.15) is 68.4 Å². The number of fused-ring (bicyclic) bond motifs is 1. The summed E-state index contributed by atoms with van der Waals surface area (Å²) in [5, 5.41) is 1.17. The van der Waals surface area contributed by atoms with Gasteiger partial charge < -0.3 is 9.72 Å². The number of rotatable bonds is 2. The summed E-state index contributed by atoms with van der Waals surface area (Å²) in [5.41, 5.74) is 2.48. The van der Waals surface area contributed by atoms with E-state index in [0.29, 0.717) is 11.5 Å². The Morgan fingerprint density at radius 1 is 1.19 bits per heavy atom. The molecule has 0 spiro atoms. The quantitative estimate of drug-likeness (QED) is 0.807. The number of hydrogen-bond acceptors (Lipinski definition) is 2. The SMILES string of the molecule is CC(C)(C)OC(=O)c1ccc2cc(C3CCCC3)[nH]c2c1. The summed E-state index contributed by atoms with van der Waals surface area (Å²) < 4.78 is 5.43. The van der Waals surface area contributed by atoms with Crippen molar-refractivity contribution in [2.75, 3.05) is 0 Å². The lowest BCUT2D eigenvalue weighted by atomic mass is 10.0. The second-order valence-corrected chi connectivity index (χ2v) is 7.01. The van der Waals surface area contributed by atoms with Gasteiger partial charge in [0.05, 0.1) is 5.56 Å². The molecule has 0 aliphatic heterocycles. The van der Waals surface area contributed by atoms with Crippen LogP contribution in [0.3, 0.4) is 0 Å². The highest BCUT2D eigenvalue weighted by atomic mass is 16.6. The summed E-state index contributed by atoms with van der Waals surface area (Å²) >= 11 is 0. The Morgan fingerprint density at radius 2 is 1.90 bits per heavy atom. The van der Waals surface area contributed by atoms with Crippen LogP contribution in [0.5, 0.6) is 0 Å². The monoisotopic (exact) mass is 285 g/mol. The Labute approximate surface area is 125 Å². The molecule has 3 rings (SSSR count). The average Bonchev–Trinajstić information content (AvgIpc) is 3.04. The van der Waals surface area contributed by atoms with E-state index in [2.05, 4.69) is 11.1 Å². The van der Waals surface area contributed by atoms with Gasteiger partial charge in [0, 0.05) is 11.2 Å². The predicted octanol–water partition coefficient (Wildman–Crippen LogP) is 4.78. The van der Waals surface area contributed by atoms with Crippen molar-refractivity contribution in [2.24, 2.45) is 0 Å². The van der Waals surface area contributed by atoms with Crippen molar-refractivity contribution in [3.05, 3.63) is 35.5 Å². The molecule has 2 aromatic rings. The van der Waals surface area contributed by atoms with Gasteiger partial charge in [0.15, 0.2) is 0 Å². The van der Waals surface area contributed by atoms with E-state index in [4.69, 9.17) is 4.74 Å². The lowest BCUT2D eigenvalue weighted by Gasteiger charge is -2.19. The van der Waals surface area contributed by atoms with Gasteiger partial charge >= 0.3 is 5.97 Å². The molecule has 1 aliphatic carbocycles. The second kappa shape index (κ2) is 5.21. The average molecular weight is 285 g/mol. The summed E-state index contributed by atoms with van der Waals surface area (Å²) in [6.07, 6.45) is 5.18. The van der Waals surface area contributed by atoms with Crippen molar-refractivity contribution in [1.82, 2.24) is 4.98 Å². The topological polar surface area (TPSA) is 42.1 Å². The molecule has 1 N–H and O–H groups in total. The minimum absolute atomic E-state index is 0.263.